The van der Waals surface area contributed by atoms with E-state index in [1.807, 2.05) is 13.8 Å². The fourth-order valence-electron chi connectivity index (χ4n) is 2.37. The standard InChI is InChI=1S/C18H17N3O5S/c1-10-11(2)27-17(15(10)18(23)24-3)20-14(22)8-25-13-6-4-12(5-7-13)16-21-19-9-26-16/h4-7,9H,8H2,1-3H3,(H,20,22). The van der Waals surface area contributed by atoms with Crippen LogP contribution in [0, 0.1) is 13.8 Å². The van der Waals surface area contributed by atoms with Gasteiger partial charge in [0.05, 0.1) is 12.7 Å². The lowest BCUT2D eigenvalue weighted by molar-refractivity contribution is -0.118. The lowest BCUT2D eigenvalue weighted by Gasteiger charge is -2.08. The SMILES string of the molecule is COC(=O)c1c(NC(=O)COc2ccc(-c3nnco3)cc2)sc(C)c1C. The van der Waals surface area contributed by atoms with Crippen molar-refractivity contribution in [1.82, 2.24) is 10.2 Å². The average molecular weight is 387 g/mol. The lowest BCUT2D eigenvalue weighted by atomic mass is 10.1. The highest BCUT2D eigenvalue weighted by Gasteiger charge is 2.21. The van der Waals surface area contributed by atoms with Crippen LogP contribution in [0.15, 0.2) is 35.1 Å². The summed E-state index contributed by atoms with van der Waals surface area (Å²) in [5, 5.41) is 10.6. The van der Waals surface area contributed by atoms with Crippen LogP contribution in [0.1, 0.15) is 20.8 Å². The Hall–Kier alpha value is -3.20. The summed E-state index contributed by atoms with van der Waals surface area (Å²) in [5.74, 6) is 0.0604. The summed E-state index contributed by atoms with van der Waals surface area (Å²) >= 11 is 1.32. The van der Waals surface area contributed by atoms with Gasteiger partial charge in [0, 0.05) is 10.4 Å². The zero-order chi connectivity index (χ0) is 19.4. The minimum Gasteiger partial charge on any atom is -0.484 e. The quantitative estimate of drug-likeness (QED) is 0.648. The molecule has 3 rings (SSSR count). The van der Waals surface area contributed by atoms with Gasteiger partial charge in [-0.1, -0.05) is 0 Å². The molecule has 1 amide bonds. The lowest BCUT2D eigenvalue weighted by Crippen LogP contribution is -2.21. The number of hydrogen-bond donors (Lipinski definition) is 1. The Labute approximate surface area is 159 Å². The molecule has 140 valence electrons. The molecule has 0 saturated heterocycles. The van der Waals surface area contributed by atoms with Crippen LogP contribution < -0.4 is 10.1 Å². The summed E-state index contributed by atoms with van der Waals surface area (Å²) in [6.07, 6.45) is 1.25. The van der Waals surface area contributed by atoms with Gasteiger partial charge in [-0.15, -0.1) is 21.5 Å². The van der Waals surface area contributed by atoms with E-state index < -0.39 is 5.97 Å². The molecule has 0 aliphatic rings. The van der Waals surface area contributed by atoms with E-state index in [4.69, 9.17) is 13.9 Å². The number of carbonyl (C=O) groups excluding carboxylic acids is 2. The highest BCUT2D eigenvalue weighted by molar-refractivity contribution is 7.16. The Bertz CT molecular complexity index is 948. The average Bonchev–Trinajstić information content (AvgIpc) is 3.29. The van der Waals surface area contributed by atoms with Crippen molar-refractivity contribution in [3.8, 4) is 17.2 Å². The highest BCUT2D eigenvalue weighted by atomic mass is 32.1. The van der Waals surface area contributed by atoms with Gasteiger partial charge in [-0.3, -0.25) is 4.79 Å². The normalized spacial score (nSPS) is 10.5. The Morgan fingerprint density at radius 2 is 1.96 bits per heavy atom. The molecule has 0 saturated carbocycles. The molecule has 1 aromatic carbocycles. The number of nitrogens with one attached hydrogen (secondary N) is 1. The Balaban J connectivity index is 1.62. The van der Waals surface area contributed by atoms with E-state index in [2.05, 4.69) is 15.5 Å². The molecular weight excluding hydrogens is 370 g/mol. The first kappa shape index (κ1) is 18.6. The third-order valence-corrected chi connectivity index (χ3v) is 4.98. The molecule has 0 bridgehead atoms. The summed E-state index contributed by atoms with van der Waals surface area (Å²) < 4.78 is 15.4. The molecule has 3 aromatic rings. The minimum atomic E-state index is -0.482. The number of benzene rings is 1. The topological polar surface area (TPSA) is 104 Å². The molecule has 2 heterocycles. The van der Waals surface area contributed by atoms with Crippen molar-refractivity contribution in [1.29, 1.82) is 0 Å². The number of aromatic nitrogens is 2. The molecule has 9 heteroatoms. The van der Waals surface area contributed by atoms with Crippen LogP contribution in [0.3, 0.4) is 0 Å². The van der Waals surface area contributed by atoms with Gasteiger partial charge in [0.15, 0.2) is 6.61 Å². The van der Waals surface area contributed by atoms with Crippen LogP contribution in [0.2, 0.25) is 0 Å². The smallest absolute Gasteiger partial charge is 0.341 e. The molecular formula is C18H17N3O5S. The number of methoxy groups -OCH3 is 1. The van der Waals surface area contributed by atoms with E-state index in [9.17, 15) is 9.59 Å². The number of carbonyl (C=O) groups is 2. The van der Waals surface area contributed by atoms with Crippen LogP contribution in [-0.2, 0) is 9.53 Å². The summed E-state index contributed by atoms with van der Waals surface area (Å²) in [4.78, 5) is 25.1. The van der Waals surface area contributed by atoms with Crippen molar-refractivity contribution < 1.29 is 23.5 Å². The Morgan fingerprint density at radius 3 is 2.59 bits per heavy atom. The fourth-order valence-corrected chi connectivity index (χ4v) is 3.43. The summed E-state index contributed by atoms with van der Waals surface area (Å²) in [6.45, 7) is 3.50. The number of esters is 1. The molecule has 0 fully saturated rings. The number of thiophene rings is 1. The molecule has 8 nitrogen and oxygen atoms in total. The van der Waals surface area contributed by atoms with Crippen molar-refractivity contribution in [3.63, 3.8) is 0 Å². The minimum absolute atomic E-state index is 0.198. The van der Waals surface area contributed by atoms with Gasteiger partial charge < -0.3 is 19.2 Å². The second-order valence-corrected chi connectivity index (χ2v) is 6.81. The van der Waals surface area contributed by atoms with E-state index in [-0.39, 0.29) is 12.5 Å². The van der Waals surface area contributed by atoms with Gasteiger partial charge in [0.2, 0.25) is 12.3 Å². The molecule has 0 radical (unpaired) electrons. The van der Waals surface area contributed by atoms with Crippen LogP contribution >= 0.6 is 11.3 Å². The first-order valence-corrected chi connectivity index (χ1v) is 8.78. The molecule has 1 N–H and O–H groups in total. The maximum atomic E-state index is 12.2. The second-order valence-electron chi connectivity index (χ2n) is 5.58. The third-order valence-electron chi connectivity index (χ3n) is 3.86. The Kier molecular flexibility index (Phi) is 5.51. The number of hydrogen-bond acceptors (Lipinski definition) is 8. The highest BCUT2D eigenvalue weighted by Crippen LogP contribution is 2.32. The molecule has 0 aliphatic heterocycles. The maximum absolute atomic E-state index is 12.2. The van der Waals surface area contributed by atoms with Crippen LogP contribution in [-0.4, -0.2) is 35.8 Å². The summed E-state index contributed by atoms with van der Waals surface area (Å²) in [7, 11) is 1.31. The molecule has 0 atom stereocenters. The van der Waals surface area contributed by atoms with Crippen molar-refractivity contribution in [3.05, 3.63) is 46.7 Å². The van der Waals surface area contributed by atoms with Crippen molar-refractivity contribution in [2.75, 3.05) is 19.0 Å². The van der Waals surface area contributed by atoms with Crippen LogP contribution in [0.4, 0.5) is 5.00 Å². The summed E-state index contributed by atoms with van der Waals surface area (Å²) in [5.41, 5.74) is 1.91. The zero-order valence-corrected chi connectivity index (χ0v) is 15.8. The fraction of sp³-hybridized carbons (Fsp3) is 0.222. The van der Waals surface area contributed by atoms with E-state index in [1.54, 1.807) is 24.3 Å². The Morgan fingerprint density at radius 1 is 1.22 bits per heavy atom. The number of anilines is 1. The van der Waals surface area contributed by atoms with E-state index >= 15 is 0 Å². The van der Waals surface area contributed by atoms with Gasteiger partial charge >= 0.3 is 5.97 Å². The van der Waals surface area contributed by atoms with Gasteiger partial charge in [0.1, 0.15) is 10.8 Å². The molecule has 0 unspecified atom stereocenters. The van der Waals surface area contributed by atoms with Gasteiger partial charge in [-0.05, 0) is 43.7 Å². The maximum Gasteiger partial charge on any atom is 0.341 e. The van der Waals surface area contributed by atoms with E-state index in [1.165, 1.54) is 24.8 Å². The number of ether oxygens (including phenoxy) is 2. The predicted molar refractivity (Wildman–Crippen MR) is 99.0 cm³/mol. The third kappa shape index (κ3) is 4.14. The van der Waals surface area contributed by atoms with Gasteiger partial charge in [-0.2, -0.15) is 0 Å². The molecule has 27 heavy (non-hydrogen) atoms. The van der Waals surface area contributed by atoms with Crippen molar-refractivity contribution in [2.45, 2.75) is 13.8 Å². The largest absolute Gasteiger partial charge is 0.484 e. The van der Waals surface area contributed by atoms with Crippen LogP contribution in [0.5, 0.6) is 5.75 Å². The monoisotopic (exact) mass is 387 g/mol. The molecule has 0 spiro atoms. The first-order valence-electron chi connectivity index (χ1n) is 7.97. The van der Waals surface area contributed by atoms with Gasteiger partial charge in [0.25, 0.3) is 5.91 Å². The van der Waals surface area contributed by atoms with Crippen molar-refractivity contribution in [2.24, 2.45) is 0 Å². The number of rotatable bonds is 6. The van der Waals surface area contributed by atoms with E-state index in [0.29, 0.717) is 22.2 Å². The molecule has 2 aromatic heterocycles. The van der Waals surface area contributed by atoms with Crippen LogP contribution in [0.25, 0.3) is 11.5 Å². The van der Waals surface area contributed by atoms with E-state index in [0.717, 1.165) is 16.0 Å². The number of amides is 1. The number of nitrogens with zero attached hydrogens (tertiary/aromatic N) is 2. The second kappa shape index (κ2) is 8.00. The number of aryl methyl sites for hydroxylation is 1. The zero-order valence-electron chi connectivity index (χ0n) is 14.9. The predicted octanol–water partition coefficient (Wildman–Crippen LogP) is 3.22. The molecule has 0 aliphatic carbocycles. The summed E-state index contributed by atoms with van der Waals surface area (Å²) in [6, 6.07) is 6.91. The first-order chi connectivity index (χ1) is 13.0. The van der Waals surface area contributed by atoms with Gasteiger partial charge in [-0.25, -0.2) is 4.79 Å². The van der Waals surface area contributed by atoms with Crippen molar-refractivity contribution >= 4 is 28.2 Å².